The third-order valence-corrected chi connectivity index (χ3v) is 3.81. The zero-order valence-corrected chi connectivity index (χ0v) is 14.9. The van der Waals surface area contributed by atoms with Gasteiger partial charge in [-0.2, -0.15) is 14.2 Å². The normalized spacial score (nSPS) is 12.1. The van der Waals surface area contributed by atoms with E-state index >= 15 is 0 Å². The van der Waals surface area contributed by atoms with E-state index in [1.165, 1.54) is 38.5 Å². The third-order valence-electron chi connectivity index (χ3n) is 3.25. The van der Waals surface area contributed by atoms with Crippen molar-refractivity contribution in [2.45, 2.75) is 19.8 Å². The van der Waals surface area contributed by atoms with E-state index in [0.29, 0.717) is 11.3 Å². The van der Waals surface area contributed by atoms with Crippen LogP contribution in [0.3, 0.4) is 0 Å². The number of aromatic nitrogens is 2. The van der Waals surface area contributed by atoms with Crippen LogP contribution in [0.2, 0.25) is 0 Å². The smallest absolute Gasteiger partial charge is 0.362 e. The zero-order valence-electron chi connectivity index (χ0n) is 14.1. The third kappa shape index (κ3) is 4.37. The lowest BCUT2D eigenvalue weighted by Gasteiger charge is -2.15. The van der Waals surface area contributed by atoms with Crippen molar-refractivity contribution in [3.8, 4) is 17.3 Å². The van der Waals surface area contributed by atoms with Crippen molar-refractivity contribution in [3.05, 3.63) is 41.3 Å². The number of carbonyl (C=O) groups excluding carboxylic acids is 1. The van der Waals surface area contributed by atoms with Crippen LogP contribution in [0.1, 0.15) is 35.8 Å². The fourth-order valence-electron chi connectivity index (χ4n) is 2.13. The number of hydrogen-bond acceptors (Lipinski definition) is 7. The molecular weight excluding hydrogens is 351 g/mol. The molecule has 0 radical (unpaired) electrons. The van der Waals surface area contributed by atoms with Crippen LogP contribution in [0.25, 0.3) is 11.3 Å². The van der Waals surface area contributed by atoms with Gasteiger partial charge in [0.25, 0.3) is 0 Å². The summed E-state index contributed by atoms with van der Waals surface area (Å²) in [7, 11) is 2.44. The first-order valence-electron chi connectivity index (χ1n) is 7.28. The van der Waals surface area contributed by atoms with E-state index in [9.17, 15) is 13.4 Å². The molecule has 1 heterocycles. The summed E-state index contributed by atoms with van der Waals surface area (Å²) >= 11 is -2.09. The van der Waals surface area contributed by atoms with E-state index in [4.69, 9.17) is 8.92 Å². The summed E-state index contributed by atoms with van der Waals surface area (Å²) in [6, 6.07) is 5.18. The summed E-state index contributed by atoms with van der Waals surface area (Å²) in [5, 5.41) is 0. The highest BCUT2D eigenvalue weighted by Crippen LogP contribution is 2.30. The molecular formula is C16H17FN2O5S. The van der Waals surface area contributed by atoms with Gasteiger partial charge in [-0.15, -0.1) is 0 Å². The van der Waals surface area contributed by atoms with Gasteiger partial charge in [0.05, 0.1) is 25.6 Å². The van der Waals surface area contributed by atoms with Gasteiger partial charge in [0, 0.05) is 5.56 Å². The van der Waals surface area contributed by atoms with Crippen LogP contribution in [0, 0.1) is 5.82 Å². The monoisotopic (exact) mass is 368 g/mol. The zero-order chi connectivity index (χ0) is 18.6. The van der Waals surface area contributed by atoms with Gasteiger partial charge in [0.2, 0.25) is 0 Å². The minimum atomic E-state index is -2.09. The van der Waals surface area contributed by atoms with Gasteiger partial charge in [0.1, 0.15) is 11.4 Å². The minimum absolute atomic E-state index is 0.139. The van der Waals surface area contributed by atoms with Crippen molar-refractivity contribution in [1.82, 2.24) is 9.97 Å². The predicted octanol–water partition coefficient (Wildman–Crippen LogP) is 2.80. The van der Waals surface area contributed by atoms with Crippen LogP contribution >= 0.6 is 0 Å². The van der Waals surface area contributed by atoms with Crippen LogP contribution in [-0.2, 0) is 20.3 Å². The SMILES string of the molecule is COC(=O)c1c(-c2ccc(F)cc2)nc(OS(=O)OC)nc1C(C)C. The first-order valence-corrected chi connectivity index (χ1v) is 8.28. The standard InChI is InChI=1S/C16H17FN2O5S/c1-9(2)13-12(15(20)22-3)14(10-5-7-11(17)8-6-10)19-16(18-13)24-25(21)23-4/h5-9H,1-4H3. The maximum absolute atomic E-state index is 13.2. The second kappa shape index (κ2) is 8.13. The Balaban J connectivity index is 2.72. The Bertz CT molecular complexity index is 796. The summed E-state index contributed by atoms with van der Waals surface area (Å²) in [5.74, 6) is -1.25. The predicted molar refractivity (Wildman–Crippen MR) is 88.6 cm³/mol. The molecule has 1 unspecified atom stereocenters. The number of benzene rings is 1. The second-order valence-corrected chi connectivity index (χ2v) is 6.13. The van der Waals surface area contributed by atoms with Crippen molar-refractivity contribution in [3.63, 3.8) is 0 Å². The maximum Gasteiger partial charge on any atom is 0.362 e. The van der Waals surface area contributed by atoms with Gasteiger partial charge in [-0.25, -0.2) is 9.18 Å². The Morgan fingerprint density at radius 1 is 1.16 bits per heavy atom. The molecule has 0 amide bonds. The molecule has 7 nitrogen and oxygen atoms in total. The largest absolute Gasteiger partial charge is 0.465 e. The van der Waals surface area contributed by atoms with Crippen LogP contribution in [-0.4, -0.2) is 34.4 Å². The van der Waals surface area contributed by atoms with E-state index in [1.807, 2.05) is 13.8 Å². The van der Waals surface area contributed by atoms with Gasteiger partial charge in [-0.05, 0) is 30.2 Å². The summed E-state index contributed by atoms with van der Waals surface area (Å²) in [4.78, 5) is 20.6. The Hall–Kier alpha value is -2.39. The summed E-state index contributed by atoms with van der Waals surface area (Å²) in [5.41, 5.74) is 1.14. The Morgan fingerprint density at radius 2 is 1.80 bits per heavy atom. The first-order chi connectivity index (χ1) is 11.9. The van der Waals surface area contributed by atoms with Gasteiger partial charge >= 0.3 is 23.3 Å². The Kier molecular flexibility index (Phi) is 6.16. The van der Waals surface area contributed by atoms with Crippen molar-refractivity contribution in [2.24, 2.45) is 0 Å². The second-order valence-electron chi connectivity index (χ2n) is 5.22. The lowest BCUT2D eigenvalue weighted by atomic mass is 9.98. The number of rotatable bonds is 6. The Morgan fingerprint density at radius 3 is 2.32 bits per heavy atom. The van der Waals surface area contributed by atoms with E-state index in [-0.39, 0.29) is 23.2 Å². The number of halogens is 1. The van der Waals surface area contributed by atoms with Gasteiger partial charge in [0.15, 0.2) is 0 Å². The molecule has 9 heteroatoms. The van der Waals surface area contributed by atoms with Gasteiger partial charge in [-0.3, -0.25) is 4.18 Å². The molecule has 1 aromatic heterocycles. The summed E-state index contributed by atoms with van der Waals surface area (Å²) in [6.45, 7) is 3.64. The fraction of sp³-hybridized carbons (Fsp3) is 0.312. The van der Waals surface area contributed by atoms with Crippen molar-refractivity contribution < 1.29 is 26.5 Å². The molecule has 0 aliphatic heterocycles. The lowest BCUT2D eigenvalue weighted by Crippen LogP contribution is -2.15. The van der Waals surface area contributed by atoms with E-state index in [2.05, 4.69) is 14.2 Å². The molecule has 0 saturated carbocycles. The number of methoxy groups -OCH3 is 1. The average molecular weight is 368 g/mol. The number of carbonyl (C=O) groups is 1. The number of ether oxygens (including phenoxy) is 1. The molecule has 2 rings (SSSR count). The minimum Gasteiger partial charge on any atom is -0.465 e. The van der Waals surface area contributed by atoms with Crippen molar-refractivity contribution >= 4 is 17.3 Å². The molecule has 0 spiro atoms. The van der Waals surface area contributed by atoms with Crippen LogP contribution < -0.4 is 4.18 Å². The number of hydrogen-bond donors (Lipinski definition) is 0. The molecule has 2 aromatic rings. The molecule has 134 valence electrons. The highest BCUT2D eigenvalue weighted by atomic mass is 32.2. The summed E-state index contributed by atoms with van der Waals surface area (Å²) < 4.78 is 39.1. The Labute approximate surface area is 147 Å². The van der Waals surface area contributed by atoms with Gasteiger partial charge in [-0.1, -0.05) is 13.8 Å². The molecule has 25 heavy (non-hydrogen) atoms. The fourth-order valence-corrected chi connectivity index (χ4v) is 2.39. The number of nitrogens with zero attached hydrogens (tertiary/aromatic N) is 2. The van der Waals surface area contributed by atoms with Crippen LogP contribution in [0.4, 0.5) is 4.39 Å². The average Bonchev–Trinajstić information content (AvgIpc) is 2.60. The molecule has 0 fully saturated rings. The van der Waals surface area contributed by atoms with Crippen LogP contribution in [0.5, 0.6) is 6.01 Å². The molecule has 1 aromatic carbocycles. The quantitative estimate of drug-likeness (QED) is 0.725. The molecule has 1 atom stereocenters. The molecule has 0 aliphatic carbocycles. The van der Waals surface area contributed by atoms with E-state index in [1.54, 1.807) is 0 Å². The maximum atomic E-state index is 13.2. The highest BCUT2D eigenvalue weighted by Gasteiger charge is 2.25. The topological polar surface area (TPSA) is 87.6 Å². The van der Waals surface area contributed by atoms with E-state index in [0.717, 1.165) is 0 Å². The lowest BCUT2D eigenvalue weighted by molar-refractivity contribution is 0.0598. The molecule has 0 bridgehead atoms. The van der Waals surface area contributed by atoms with Crippen molar-refractivity contribution in [2.75, 3.05) is 14.2 Å². The number of esters is 1. The highest BCUT2D eigenvalue weighted by molar-refractivity contribution is 7.75. The van der Waals surface area contributed by atoms with Gasteiger partial charge < -0.3 is 8.92 Å². The van der Waals surface area contributed by atoms with Crippen molar-refractivity contribution in [1.29, 1.82) is 0 Å². The molecule has 0 N–H and O–H groups in total. The molecule has 0 saturated heterocycles. The van der Waals surface area contributed by atoms with E-state index < -0.39 is 23.1 Å². The summed E-state index contributed by atoms with van der Waals surface area (Å²) in [6.07, 6.45) is 0. The molecule has 0 aliphatic rings. The van der Waals surface area contributed by atoms with Crippen LogP contribution in [0.15, 0.2) is 24.3 Å². The first kappa shape index (κ1) is 18.9.